The number of carboxylic acids is 1. The third-order valence-corrected chi connectivity index (χ3v) is 5.44. The minimum Gasteiger partial charge on any atom is -0.506 e. The van der Waals surface area contributed by atoms with Gasteiger partial charge in [-0.1, -0.05) is 0 Å². The van der Waals surface area contributed by atoms with Crippen LogP contribution in [0.5, 0.6) is 5.75 Å². The van der Waals surface area contributed by atoms with Gasteiger partial charge in [-0.25, -0.2) is 18.2 Å². The highest BCUT2D eigenvalue weighted by molar-refractivity contribution is 7.92. The lowest BCUT2D eigenvalue weighted by Crippen LogP contribution is -2.30. The number of amides is 1. The molecule has 1 heterocycles. The van der Waals surface area contributed by atoms with Gasteiger partial charge in [0.15, 0.2) is 5.82 Å². The van der Waals surface area contributed by atoms with Crippen molar-refractivity contribution in [3.8, 4) is 5.75 Å². The highest BCUT2D eigenvalue weighted by Gasteiger charge is 2.39. The second-order valence-corrected chi connectivity index (χ2v) is 7.64. The highest BCUT2D eigenvalue weighted by Crippen LogP contribution is 2.41. The van der Waals surface area contributed by atoms with Crippen LogP contribution < -0.4 is 14.8 Å². The van der Waals surface area contributed by atoms with Gasteiger partial charge < -0.3 is 15.9 Å². The van der Waals surface area contributed by atoms with Gasteiger partial charge in [-0.15, -0.1) is 0 Å². The van der Waals surface area contributed by atoms with Crippen LogP contribution in [0.15, 0.2) is 6.07 Å². The molecule has 1 aromatic carbocycles. The van der Waals surface area contributed by atoms with Crippen LogP contribution in [0.3, 0.4) is 0 Å². The Morgan fingerprint density at radius 3 is 2.36 bits per heavy atom. The molecule has 0 bridgehead atoms. The number of halogens is 4. The van der Waals surface area contributed by atoms with Gasteiger partial charge in [-0.05, 0) is 42.5 Å². The van der Waals surface area contributed by atoms with E-state index in [1.807, 2.05) is 0 Å². The van der Waals surface area contributed by atoms with Crippen molar-refractivity contribution in [2.45, 2.75) is 19.0 Å². The number of aliphatic carboxylic acids is 1. The lowest BCUT2D eigenvalue weighted by atomic mass is 10.1. The van der Waals surface area contributed by atoms with Crippen molar-refractivity contribution < 1.29 is 45.8 Å². The van der Waals surface area contributed by atoms with E-state index in [0.29, 0.717) is 34.8 Å². The average molecular weight is 429 g/mol. The first-order chi connectivity index (χ1) is 12.8. The summed E-state index contributed by atoms with van der Waals surface area (Å²) < 4.78 is 72.2. The van der Waals surface area contributed by atoms with Crippen molar-refractivity contribution in [3.63, 3.8) is 0 Å². The number of fused-ring (bicyclic) bond motifs is 1. The number of nitrogens with zero attached hydrogens (tertiary/aromatic N) is 1. The molecule has 5 N–H and O–H groups in total. The summed E-state index contributed by atoms with van der Waals surface area (Å²) in [6.07, 6.45) is -4.15. The molecule has 1 atom stereocenters. The number of carbonyl (C=O) groups is 2. The Morgan fingerprint density at radius 1 is 1.36 bits per heavy atom. The molecule has 1 aliphatic heterocycles. The van der Waals surface area contributed by atoms with Crippen molar-refractivity contribution >= 4 is 27.8 Å². The molecule has 1 amide bonds. The van der Waals surface area contributed by atoms with Gasteiger partial charge in [-0.2, -0.15) is 21.6 Å². The van der Waals surface area contributed by atoms with E-state index in [-0.39, 0.29) is 5.92 Å². The van der Waals surface area contributed by atoms with Crippen LogP contribution in [-0.4, -0.2) is 49.8 Å². The monoisotopic (exact) mass is 429 g/mol. The molecule has 9 nitrogen and oxygen atoms in total. The maximum absolute atomic E-state index is 14.6. The van der Waals surface area contributed by atoms with Crippen molar-refractivity contribution in [2.24, 2.45) is 11.7 Å². The van der Waals surface area contributed by atoms with Gasteiger partial charge in [0.05, 0.1) is 0 Å². The second-order valence-electron chi connectivity index (χ2n) is 6.05. The summed E-state index contributed by atoms with van der Waals surface area (Å²) in [7, 11) is -4.16. The molecule has 0 aromatic heterocycles. The van der Waals surface area contributed by atoms with Gasteiger partial charge >= 0.3 is 22.4 Å². The molecule has 1 aliphatic carbocycles. The zero-order chi connectivity index (χ0) is 21.4. The van der Waals surface area contributed by atoms with Gasteiger partial charge in [0.25, 0.3) is 5.91 Å². The van der Waals surface area contributed by atoms with Crippen LogP contribution in [0.2, 0.25) is 0 Å². The summed E-state index contributed by atoms with van der Waals surface area (Å²) in [5, 5.41) is 17.1. The Hall–Kier alpha value is -2.61. The number of phenols is 1. The summed E-state index contributed by atoms with van der Waals surface area (Å²) in [5.41, 5.74) is 6.07. The second kappa shape index (κ2) is 7.43. The normalized spacial score (nSPS) is 20.2. The molecule has 1 aromatic rings. The average Bonchev–Trinajstić information content (AvgIpc) is 3.07. The number of alkyl halides is 3. The predicted octanol–water partition coefficient (Wildman–Crippen LogP) is 0.0191. The topological polar surface area (TPSA) is 150 Å². The number of carboxylic acid groups (broad SMARTS) is 1. The number of aromatic hydroxyl groups is 1. The molecule has 0 radical (unpaired) electrons. The number of carbonyl (C=O) groups excluding carboxylic acids is 1. The first-order valence-electron chi connectivity index (χ1n) is 7.64. The Labute approximate surface area is 155 Å². The third kappa shape index (κ3) is 4.27. The number of rotatable bonds is 2. The van der Waals surface area contributed by atoms with Crippen LogP contribution in [0, 0.1) is 11.7 Å². The summed E-state index contributed by atoms with van der Waals surface area (Å²) >= 11 is 0. The number of nitrogens with one attached hydrogen (secondary N) is 1. The minimum atomic E-state index is -5.08. The largest absolute Gasteiger partial charge is 0.506 e. The third-order valence-electron chi connectivity index (χ3n) is 4.06. The first kappa shape index (κ1) is 21.7. The molecule has 0 spiro atoms. The molecule has 14 heteroatoms. The van der Waals surface area contributed by atoms with Gasteiger partial charge in [0.1, 0.15) is 18.0 Å². The molecular formula is C14H15F4N3O6S. The number of nitrogens with two attached hydrogens (primary N) is 1. The quantitative estimate of drug-likeness (QED) is 0.484. The van der Waals surface area contributed by atoms with Crippen molar-refractivity contribution in [1.82, 2.24) is 4.72 Å². The van der Waals surface area contributed by atoms with E-state index in [2.05, 4.69) is 0 Å². The first-order valence-corrected chi connectivity index (χ1v) is 9.08. The molecule has 156 valence electrons. The maximum Gasteiger partial charge on any atom is 0.490 e. The molecule has 28 heavy (non-hydrogen) atoms. The zero-order valence-electron chi connectivity index (χ0n) is 14.0. The minimum absolute atomic E-state index is 0.0686. The fourth-order valence-electron chi connectivity index (χ4n) is 2.84. The number of phenolic OH excluding ortho intramolecular Hbond substituents is 1. The van der Waals surface area contributed by atoms with Crippen LogP contribution in [0.25, 0.3) is 0 Å². The molecule has 1 saturated heterocycles. The Kier molecular flexibility index (Phi) is 5.75. The van der Waals surface area contributed by atoms with E-state index in [1.54, 1.807) is 4.72 Å². The van der Waals surface area contributed by atoms with Crippen molar-refractivity contribution in [1.29, 1.82) is 0 Å². The van der Waals surface area contributed by atoms with E-state index in [0.717, 1.165) is 0 Å². The van der Waals surface area contributed by atoms with Gasteiger partial charge in [-0.3, -0.25) is 4.79 Å². The van der Waals surface area contributed by atoms with E-state index in [1.165, 1.54) is 6.07 Å². The van der Waals surface area contributed by atoms with E-state index < -0.39 is 52.1 Å². The summed E-state index contributed by atoms with van der Waals surface area (Å²) in [4.78, 5) is 20.1. The number of benzene rings is 1. The Morgan fingerprint density at radius 2 is 1.93 bits per heavy atom. The van der Waals surface area contributed by atoms with Gasteiger partial charge in [0.2, 0.25) is 0 Å². The fraction of sp³-hybridized carbons (Fsp3) is 0.429. The molecule has 3 rings (SSSR count). The van der Waals surface area contributed by atoms with Gasteiger partial charge in [0, 0.05) is 0 Å². The zero-order valence-corrected chi connectivity index (χ0v) is 14.8. The van der Waals surface area contributed by atoms with Crippen LogP contribution in [0.1, 0.15) is 11.1 Å². The Balaban J connectivity index is 0.000000345. The maximum atomic E-state index is 14.6. The molecule has 1 unspecified atom stereocenters. The SMILES string of the molecule is NCC1Cc2cc(O)c(N3CC(=O)NS3(=O)=O)c(F)c2C1.O=C(O)C(F)(F)F. The van der Waals surface area contributed by atoms with Crippen LogP contribution in [0.4, 0.5) is 23.2 Å². The summed E-state index contributed by atoms with van der Waals surface area (Å²) in [6, 6.07) is 1.35. The standard InChI is InChI=1S/C12H14FN3O4S.C2HF3O2/c13-11-8-2-6(4-14)1-7(8)3-9(17)12(11)16-5-10(18)15-21(16,19)20;3-2(4,5)1(6)7/h3,6,17H,1-2,4-5,14H2,(H,15,18);(H,6,7). The lowest BCUT2D eigenvalue weighted by molar-refractivity contribution is -0.192. The van der Waals surface area contributed by atoms with Crippen molar-refractivity contribution in [3.05, 3.63) is 23.0 Å². The highest BCUT2D eigenvalue weighted by atomic mass is 32.2. The summed E-state index contributed by atoms with van der Waals surface area (Å²) in [5.74, 6) is -4.76. The molecule has 1 fully saturated rings. The smallest absolute Gasteiger partial charge is 0.490 e. The summed E-state index contributed by atoms with van der Waals surface area (Å²) in [6.45, 7) is -0.168. The molecular weight excluding hydrogens is 414 g/mol. The fourth-order valence-corrected chi connectivity index (χ4v) is 4.00. The van der Waals surface area contributed by atoms with E-state index >= 15 is 0 Å². The molecule has 0 saturated carbocycles. The Bertz CT molecular complexity index is 919. The number of hydrogen-bond donors (Lipinski definition) is 4. The molecule has 2 aliphatic rings. The van der Waals surface area contributed by atoms with Crippen LogP contribution in [-0.2, 0) is 32.6 Å². The predicted molar refractivity (Wildman–Crippen MR) is 86.1 cm³/mol. The number of hydrogen-bond acceptors (Lipinski definition) is 6. The van der Waals surface area contributed by atoms with E-state index in [9.17, 15) is 35.9 Å². The van der Waals surface area contributed by atoms with Crippen LogP contribution >= 0.6 is 0 Å². The van der Waals surface area contributed by atoms with E-state index in [4.69, 9.17) is 15.6 Å². The lowest BCUT2D eigenvalue weighted by Gasteiger charge is -2.18. The van der Waals surface area contributed by atoms with Crippen molar-refractivity contribution in [2.75, 3.05) is 17.4 Å². The number of anilines is 1.